The number of carbonyl (C=O) groups excluding carboxylic acids is 1. The Labute approximate surface area is 150 Å². The molecule has 25 heavy (non-hydrogen) atoms. The Hall–Kier alpha value is -1.41. The molecule has 1 aromatic rings. The van der Waals surface area contributed by atoms with Crippen LogP contribution in [-0.4, -0.2) is 30.3 Å². The molecular formula is C17H29N3O4S. The molecule has 1 aliphatic rings. The Morgan fingerprint density at radius 2 is 1.76 bits per heavy atom. The number of sulfonamides is 1. The molecule has 0 aliphatic heterocycles. The number of rotatable bonds is 5. The second-order valence-electron chi connectivity index (χ2n) is 8.25. The van der Waals surface area contributed by atoms with Crippen LogP contribution in [-0.2, 0) is 20.2 Å². The van der Waals surface area contributed by atoms with E-state index >= 15 is 0 Å². The summed E-state index contributed by atoms with van der Waals surface area (Å²) in [6.07, 6.45) is 4.78. The third kappa shape index (κ3) is 4.61. The van der Waals surface area contributed by atoms with Gasteiger partial charge in [0.05, 0.1) is 0 Å². The molecule has 1 saturated carbocycles. The smallest absolute Gasteiger partial charge is 0.247 e. The zero-order valence-electron chi connectivity index (χ0n) is 15.7. The first kappa shape index (κ1) is 19.9. The SMILES string of the molecule is CC(C)(C)c1cc(NC(=O)C(C)(C)S(=O)(=O)NC2CCCCC2)no1. The highest BCUT2D eigenvalue weighted by molar-refractivity contribution is 7.91. The van der Waals surface area contributed by atoms with E-state index in [-0.39, 0.29) is 17.3 Å². The summed E-state index contributed by atoms with van der Waals surface area (Å²) < 4.78 is 31.7. The Morgan fingerprint density at radius 1 is 1.16 bits per heavy atom. The molecule has 142 valence electrons. The van der Waals surface area contributed by atoms with Crippen molar-refractivity contribution in [1.29, 1.82) is 0 Å². The molecule has 1 amide bonds. The van der Waals surface area contributed by atoms with Gasteiger partial charge in [-0.05, 0) is 26.7 Å². The average molecular weight is 372 g/mol. The van der Waals surface area contributed by atoms with E-state index in [2.05, 4.69) is 15.2 Å². The van der Waals surface area contributed by atoms with Gasteiger partial charge in [-0.25, -0.2) is 13.1 Å². The molecule has 8 heteroatoms. The van der Waals surface area contributed by atoms with Gasteiger partial charge in [-0.2, -0.15) is 0 Å². The molecule has 0 unspecified atom stereocenters. The Morgan fingerprint density at radius 3 is 2.28 bits per heavy atom. The van der Waals surface area contributed by atoms with Gasteiger partial charge in [0.25, 0.3) is 0 Å². The summed E-state index contributed by atoms with van der Waals surface area (Å²) in [6.45, 7) is 8.68. The molecule has 1 aliphatic carbocycles. The van der Waals surface area contributed by atoms with Crippen LogP contribution < -0.4 is 10.0 Å². The molecule has 0 radical (unpaired) electrons. The van der Waals surface area contributed by atoms with E-state index in [1.54, 1.807) is 6.07 Å². The standard InChI is InChI=1S/C17H29N3O4S/c1-16(2,3)13-11-14(19-24-13)18-15(21)17(4,5)25(22,23)20-12-9-7-6-8-10-12/h11-12,20H,6-10H2,1-5H3,(H,18,19,21). The molecule has 7 nitrogen and oxygen atoms in total. The number of carbonyl (C=O) groups is 1. The highest BCUT2D eigenvalue weighted by Crippen LogP contribution is 2.26. The third-order valence-electron chi connectivity index (χ3n) is 4.64. The van der Waals surface area contributed by atoms with Gasteiger partial charge in [0, 0.05) is 17.5 Å². The van der Waals surface area contributed by atoms with Gasteiger partial charge in [-0.3, -0.25) is 4.79 Å². The van der Waals surface area contributed by atoms with Crippen LogP contribution >= 0.6 is 0 Å². The van der Waals surface area contributed by atoms with Crippen molar-refractivity contribution in [2.75, 3.05) is 5.32 Å². The summed E-state index contributed by atoms with van der Waals surface area (Å²) in [5.74, 6) is 0.198. The molecule has 0 bridgehead atoms. The van der Waals surface area contributed by atoms with Gasteiger partial charge in [-0.1, -0.05) is 45.2 Å². The fraction of sp³-hybridized carbons (Fsp3) is 0.765. The van der Waals surface area contributed by atoms with Crippen molar-refractivity contribution in [3.63, 3.8) is 0 Å². The van der Waals surface area contributed by atoms with Crippen LogP contribution in [0.2, 0.25) is 0 Å². The highest BCUT2D eigenvalue weighted by Gasteiger charge is 2.43. The van der Waals surface area contributed by atoms with Gasteiger partial charge in [-0.15, -0.1) is 0 Å². The zero-order valence-corrected chi connectivity index (χ0v) is 16.5. The lowest BCUT2D eigenvalue weighted by molar-refractivity contribution is -0.117. The molecular weight excluding hydrogens is 342 g/mol. The maximum absolute atomic E-state index is 12.7. The minimum atomic E-state index is -3.82. The summed E-state index contributed by atoms with van der Waals surface area (Å²) in [7, 11) is -3.82. The summed E-state index contributed by atoms with van der Waals surface area (Å²) in [6, 6.07) is 1.53. The first-order chi connectivity index (χ1) is 11.4. The number of anilines is 1. The highest BCUT2D eigenvalue weighted by atomic mass is 32.2. The van der Waals surface area contributed by atoms with Crippen LogP contribution in [0.1, 0.15) is 72.5 Å². The molecule has 0 saturated heterocycles. The predicted octanol–water partition coefficient (Wildman–Crippen LogP) is 2.94. The normalized spacial score (nSPS) is 17.5. The second kappa shape index (κ2) is 7.07. The monoisotopic (exact) mass is 371 g/mol. The van der Waals surface area contributed by atoms with Crippen molar-refractivity contribution in [2.24, 2.45) is 0 Å². The van der Waals surface area contributed by atoms with Crippen LogP contribution in [0.15, 0.2) is 10.6 Å². The molecule has 0 spiro atoms. The lowest BCUT2D eigenvalue weighted by Gasteiger charge is -2.29. The quantitative estimate of drug-likeness (QED) is 0.828. The molecule has 2 N–H and O–H groups in total. The van der Waals surface area contributed by atoms with Gasteiger partial charge < -0.3 is 9.84 Å². The molecule has 1 aromatic heterocycles. The van der Waals surface area contributed by atoms with E-state index in [0.717, 1.165) is 32.1 Å². The van der Waals surface area contributed by atoms with Crippen LogP contribution in [0.3, 0.4) is 0 Å². The van der Waals surface area contributed by atoms with Crippen molar-refractivity contribution in [3.05, 3.63) is 11.8 Å². The third-order valence-corrected chi connectivity index (χ3v) is 6.81. The van der Waals surface area contributed by atoms with Crippen molar-refractivity contribution in [3.8, 4) is 0 Å². The lowest BCUT2D eigenvalue weighted by atomic mass is 9.93. The molecule has 0 atom stereocenters. The minimum absolute atomic E-state index is 0.0923. The first-order valence-corrected chi connectivity index (χ1v) is 10.2. The van der Waals surface area contributed by atoms with Gasteiger partial charge in [0.15, 0.2) is 10.6 Å². The predicted molar refractivity (Wildman–Crippen MR) is 96.8 cm³/mol. The van der Waals surface area contributed by atoms with Crippen LogP contribution in [0.25, 0.3) is 0 Å². The summed E-state index contributed by atoms with van der Waals surface area (Å²) in [5, 5.41) is 6.37. The summed E-state index contributed by atoms with van der Waals surface area (Å²) in [4.78, 5) is 12.6. The molecule has 1 fully saturated rings. The second-order valence-corrected chi connectivity index (χ2v) is 10.5. The van der Waals surface area contributed by atoms with Gasteiger partial charge in [0.2, 0.25) is 15.9 Å². The number of nitrogens with one attached hydrogen (secondary N) is 2. The summed E-state index contributed by atoms with van der Waals surface area (Å²) >= 11 is 0. The zero-order chi connectivity index (χ0) is 18.9. The van der Waals surface area contributed by atoms with Crippen molar-refractivity contribution in [1.82, 2.24) is 9.88 Å². The van der Waals surface area contributed by atoms with Crippen LogP contribution in [0, 0.1) is 0 Å². The number of hydrogen-bond acceptors (Lipinski definition) is 5. The number of nitrogens with zero attached hydrogens (tertiary/aromatic N) is 1. The van der Waals surface area contributed by atoms with E-state index in [9.17, 15) is 13.2 Å². The van der Waals surface area contributed by atoms with Gasteiger partial charge in [0.1, 0.15) is 5.76 Å². The van der Waals surface area contributed by atoms with Gasteiger partial charge >= 0.3 is 0 Å². The van der Waals surface area contributed by atoms with Crippen LogP contribution in [0.5, 0.6) is 0 Å². The number of aromatic nitrogens is 1. The topological polar surface area (TPSA) is 101 Å². The molecule has 2 rings (SSSR count). The van der Waals surface area contributed by atoms with E-state index in [4.69, 9.17) is 4.52 Å². The van der Waals surface area contributed by atoms with Crippen molar-refractivity contribution < 1.29 is 17.7 Å². The fourth-order valence-electron chi connectivity index (χ4n) is 2.66. The van der Waals surface area contributed by atoms with Crippen LogP contribution in [0.4, 0.5) is 5.82 Å². The van der Waals surface area contributed by atoms with E-state index < -0.39 is 20.7 Å². The Bertz CT molecular complexity index is 710. The first-order valence-electron chi connectivity index (χ1n) is 8.74. The van der Waals surface area contributed by atoms with E-state index in [1.165, 1.54) is 13.8 Å². The summed E-state index contributed by atoms with van der Waals surface area (Å²) in [5.41, 5.74) is -0.250. The number of hydrogen-bond donors (Lipinski definition) is 2. The Balaban J connectivity index is 2.09. The lowest BCUT2D eigenvalue weighted by Crippen LogP contribution is -2.53. The Kier molecular flexibility index (Phi) is 5.63. The van der Waals surface area contributed by atoms with Crippen molar-refractivity contribution >= 4 is 21.7 Å². The largest absolute Gasteiger partial charge is 0.359 e. The van der Waals surface area contributed by atoms with E-state index in [0.29, 0.717) is 5.76 Å². The van der Waals surface area contributed by atoms with Crippen molar-refractivity contribution in [2.45, 2.75) is 82.9 Å². The maximum Gasteiger partial charge on any atom is 0.247 e. The molecule has 0 aromatic carbocycles. The fourth-order valence-corrected chi connectivity index (χ4v) is 3.93. The average Bonchev–Trinajstić information content (AvgIpc) is 2.96. The minimum Gasteiger partial charge on any atom is -0.359 e. The number of amides is 1. The molecule has 1 heterocycles. The van der Waals surface area contributed by atoms with E-state index in [1.807, 2.05) is 20.8 Å². The maximum atomic E-state index is 12.7.